The molecule has 0 saturated heterocycles. The maximum absolute atomic E-state index is 12.8. The van der Waals surface area contributed by atoms with Crippen molar-refractivity contribution in [3.63, 3.8) is 0 Å². The van der Waals surface area contributed by atoms with Gasteiger partial charge in [0.25, 0.3) is 5.91 Å². The van der Waals surface area contributed by atoms with Crippen LogP contribution in [0.5, 0.6) is 0 Å². The summed E-state index contributed by atoms with van der Waals surface area (Å²) in [4.78, 5) is 25.5. The maximum atomic E-state index is 12.8. The topological polar surface area (TPSA) is 83.6 Å². The van der Waals surface area contributed by atoms with Gasteiger partial charge in [-0.25, -0.2) is 8.42 Å². The van der Waals surface area contributed by atoms with Crippen LogP contribution in [0.4, 0.5) is 11.4 Å². The van der Waals surface area contributed by atoms with Crippen LogP contribution in [0.1, 0.15) is 33.2 Å². The van der Waals surface area contributed by atoms with E-state index in [-0.39, 0.29) is 11.5 Å². The van der Waals surface area contributed by atoms with Gasteiger partial charge in [0.1, 0.15) is 0 Å². The monoisotopic (exact) mass is 422 g/mol. The Morgan fingerprint density at radius 3 is 2.07 bits per heavy atom. The number of hydrogen-bond donors (Lipinski definition) is 1. The number of nitrogens with zero attached hydrogens (tertiary/aromatic N) is 1. The number of sulfonamides is 1. The third kappa shape index (κ3) is 4.58. The number of rotatable bonds is 7. The number of nitrogens with one attached hydrogen (secondary N) is 1. The van der Waals surface area contributed by atoms with Crippen molar-refractivity contribution in [3.8, 4) is 0 Å². The van der Waals surface area contributed by atoms with Gasteiger partial charge in [-0.05, 0) is 43.3 Å². The lowest BCUT2D eigenvalue weighted by Crippen LogP contribution is -2.28. The number of ketones is 1. The van der Waals surface area contributed by atoms with Crippen LogP contribution in [0.25, 0.3) is 0 Å². The molecule has 0 saturated carbocycles. The van der Waals surface area contributed by atoms with Gasteiger partial charge in [-0.3, -0.25) is 13.9 Å². The molecule has 0 aliphatic carbocycles. The van der Waals surface area contributed by atoms with Gasteiger partial charge < -0.3 is 5.32 Å². The molecule has 0 aliphatic heterocycles. The highest BCUT2D eigenvalue weighted by Gasteiger charge is 2.18. The van der Waals surface area contributed by atoms with E-state index in [9.17, 15) is 18.0 Å². The first-order valence-corrected chi connectivity index (χ1v) is 11.0. The normalized spacial score (nSPS) is 11.0. The Hall–Kier alpha value is -3.45. The third-order valence-electron chi connectivity index (χ3n) is 4.73. The molecule has 0 unspecified atom stereocenters. The molecule has 0 spiro atoms. The molecule has 1 N–H and O–H groups in total. The van der Waals surface area contributed by atoms with Gasteiger partial charge in [0.05, 0.1) is 17.1 Å². The van der Waals surface area contributed by atoms with Gasteiger partial charge in [0, 0.05) is 23.7 Å². The van der Waals surface area contributed by atoms with Gasteiger partial charge in [-0.1, -0.05) is 42.5 Å². The van der Waals surface area contributed by atoms with Crippen LogP contribution < -0.4 is 9.62 Å². The Kier molecular flexibility index (Phi) is 6.32. The minimum absolute atomic E-state index is 0.0159. The fourth-order valence-electron chi connectivity index (χ4n) is 2.91. The molecule has 3 rings (SSSR count). The molecular formula is C23H22N2O4S. The van der Waals surface area contributed by atoms with Crippen molar-refractivity contribution in [2.45, 2.75) is 6.92 Å². The Bertz CT molecular complexity index is 1160. The van der Waals surface area contributed by atoms with E-state index in [4.69, 9.17) is 0 Å². The van der Waals surface area contributed by atoms with Gasteiger partial charge in [-0.15, -0.1) is 0 Å². The molecule has 154 valence electrons. The minimum Gasteiger partial charge on any atom is -0.321 e. The van der Waals surface area contributed by atoms with Crippen molar-refractivity contribution in [2.24, 2.45) is 0 Å². The maximum Gasteiger partial charge on any atom is 0.255 e. The SMILES string of the molecule is CCS(=O)(=O)N(C)c1ccc(C(=O)Nc2ccccc2C(=O)c2ccccc2)cc1. The van der Waals surface area contributed by atoms with Gasteiger partial charge in [0.2, 0.25) is 10.0 Å². The first-order valence-electron chi connectivity index (χ1n) is 9.40. The van der Waals surface area contributed by atoms with Crippen molar-refractivity contribution >= 4 is 33.1 Å². The average molecular weight is 423 g/mol. The van der Waals surface area contributed by atoms with Gasteiger partial charge in [0.15, 0.2) is 5.78 Å². The van der Waals surface area contributed by atoms with Gasteiger partial charge >= 0.3 is 0 Å². The highest BCUT2D eigenvalue weighted by Crippen LogP contribution is 2.22. The molecule has 1 amide bonds. The zero-order valence-electron chi connectivity index (χ0n) is 16.7. The average Bonchev–Trinajstić information content (AvgIpc) is 2.79. The molecule has 3 aromatic carbocycles. The number of benzene rings is 3. The van der Waals surface area contributed by atoms with E-state index in [1.165, 1.54) is 11.4 Å². The predicted molar refractivity (Wildman–Crippen MR) is 119 cm³/mol. The Morgan fingerprint density at radius 2 is 1.43 bits per heavy atom. The molecule has 0 aromatic heterocycles. The molecule has 3 aromatic rings. The Balaban J connectivity index is 1.81. The zero-order chi connectivity index (χ0) is 21.7. The number of amides is 1. The highest BCUT2D eigenvalue weighted by atomic mass is 32.2. The standard InChI is InChI=1S/C23H22N2O4S/c1-3-30(28,29)25(2)19-15-13-18(14-16-19)23(27)24-21-12-8-7-11-20(21)22(26)17-9-5-4-6-10-17/h4-16H,3H2,1-2H3,(H,24,27). The van der Waals surface area contributed by atoms with Crippen LogP contribution in [0.15, 0.2) is 78.9 Å². The van der Waals surface area contributed by atoms with Crippen molar-refractivity contribution in [1.29, 1.82) is 0 Å². The second kappa shape index (κ2) is 8.92. The lowest BCUT2D eigenvalue weighted by Gasteiger charge is -2.18. The molecule has 6 nitrogen and oxygen atoms in total. The molecule has 0 heterocycles. The van der Waals surface area contributed by atoms with Crippen molar-refractivity contribution in [2.75, 3.05) is 22.4 Å². The third-order valence-corrected chi connectivity index (χ3v) is 6.51. The zero-order valence-corrected chi connectivity index (χ0v) is 17.5. The smallest absolute Gasteiger partial charge is 0.255 e. The molecule has 7 heteroatoms. The molecule has 0 aliphatic rings. The Morgan fingerprint density at radius 1 is 0.833 bits per heavy atom. The molecule has 0 fully saturated rings. The van der Waals surface area contributed by atoms with E-state index in [1.807, 2.05) is 6.07 Å². The first-order chi connectivity index (χ1) is 14.3. The summed E-state index contributed by atoms with van der Waals surface area (Å²) in [5.41, 5.74) is 2.15. The minimum atomic E-state index is -3.38. The second-order valence-corrected chi connectivity index (χ2v) is 8.90. The summed E-state index contributed by atoms with van der Waals surface area (Å²) in [6.45, 7) is 1.57. The van der Waals surface area contributed by atoms with Crippen LogP contribution in [-0.4, -0.2) is 32.9 Å². The lowest BCUT2D eigenvalue weighted by atomic mass is 10.0. The number of hydrogen-bond acceptors (Lipinski definition) is 4. The van der Waals surface area contributed by atoms with Crippen LogP contribution in [-0.2, 0) is 10.0 Å². The number of para-hydroxylation sites is 1. The fourth-order valence-corrected chi connectivity index (χ4v) is 3.74. The highest BCUT2D eigenvalue weighted by molar-refractivity contribution is 7.92. The summed E-state index contributed by atoms with van der Waals surface area (Å²) < 4.78 is 25.2. The van der Waals surface area contributed by atoms with Crippen molar-refractivity contribution < 1.29 is 18.0 Å². The summed E-state index contributed by atoms with van der Waals surface area (Å²) in [7, 11) is -1.91. The summed E-state index contributed by atoms with van der Waals surface area (Å²) in [6, 6.07) is 21.9. The largest absolute Gasteiger partial charge is 0.321 e. The summed E-state index contributed by atoms with van der Waals surface area (Å²) in [6.07, 6.45) is 0. The van der Waals surface area contributed by atoms with E-state index < -0.39 is 15.9 Å². The number of carbonyl (C=O) groups excluding carboxylic acids is 2. The molecule has 0 radical (unpaired) electrons. The van der Waals surface area contributed by atoms with E-state index in [0.717, 1.165) is 0 Å². The lowest BCUT2D eigenvalue weighted by molar-refractivity contribution is 0.102. The van der Waals surface area contributed by atoms with Crippen molar-refractivity contribution in [1.82, 2.24) is 0 Å². The quantitative estimate of drug-likeness (QED) is 0.584. The molecule has 0 atom stereocenters. The van der Waals surface area contributed by atoms with Crippen LogP contribution in [0.2, 0.25) is 0 Å². The van der Waals surface area contributed by atoms with Gasteiger partial charge in [-0.2, -0.15) is 0 Å². The number of anilines is 2. The molecule has 30 heavy (non-hydrogen) atoms. The summed E-state index contributed by atoms with van der Waals surface area (Å²) in [5, 5.41) is 2.78. The van der Waals surface area contributed by atoms with E-state index in [2.05, 4.69) is 5.32 Å². The number of carbonyl (C=O) groups is 2. The summed E-state index contributed by atoms with van der Waals surface area (Å²) in [5.74, 6) is -0.595. The van der Waals surface area contributed by atoms with E-state index >= 15 is 0 Å². The van der Waals surface area contributed by atoms with E-state index in [1.54, 1.807) is 79.7 Å². The molecular weight excluding hydrogens is 400 g/mol. The van der Waals surface area contributed by atoms with Crippen molar-refractivity contribution in [3.05, 3.63) is 95.6 Å². The Labute approximate surface area is 176 Å². The second-order valence-electron chi connectivity index (χ2n) is 6.61. The van der Waals surface area contributed by atoms with Crippen LogP contribution >= 0.6 is 0 Å². The predicted octanol–water partition coefficient (Wildman–Crippen LogP) is 3.96. The molecule has 0 bridgehead atoms. The fraction of sp³-hybridized carbons (Fsp3) is 0.130. The van der Waals surface area contributed by atoms with E-state index in [0.29, 0.717) is 28.1 Å². The van der Waals surface area contributed by atoms with Crippen LogP contribution in [0.3, 0.4) is 0 Å². The van der Waals surface area contributed by atoms with Crippen LogP contribution in [0, 0.1) is 0 Å². The first kappa shape index (κ1) is 21.3. The summed E-state index contributed by atoms with van der Waals surface area (Å²) >= 11 is 0.